The van der Waals surface area contributed by atoms with Gasteiger partial charge in [0.25, 0.3) is 0 Å². The highest BCUT2D eigenvalue weighted by atomic mass is 32.1. The summed E-state index contributed by atoms with van der Waals surface area (Å²) in [5, 5.41) is 11.4. The number of carbonyl (C=O) groups excluding carboxylic acids is 1. The van der Waals surface area contributed by atoms with Gasteiger partial charge < -0.3 is 10.4 Å². The summed E-state index contributed by atoms with van der Waals surface area (Å²) < 4.78 is 0. The van der Waals surface area contributed by atoms with Crippen LogP contribution in [0, 0.1) is 17.8 Å². The van der Waals surface area contributed by atoms with Crippen LogP contribution in [0.3, 0.4) is 0 Å². The molecule has 1 unspecified atom stereocenters. The van der Waals surface area contributed by atoms with Gasteiger partial charge >= 0.3 is 0 Å². The van der Waals surface area contributed by atoms with Crippen molar-refractivity contribution < 1.29 is 9.90 Å². The van der Waals surface area contributed by atoms with Gasteiger partial charge in [0.2, 0.25) is 5.91 Å². The smallest absolute Gasteiger partial charge is 0.224 e. The molecule has 0 aliphatic carbocycles. The van der Waals surface area contributed by atoms with Gasteiger partial charge in [-0.3, -0.25) is 9.69 Å². The fourth-order valence-electron chi connectivity index (χ4n) is 2.49. The first-order valence-corrected chi connectivity index (χ1v) is 7.67. The van der Waals surface area contributed by atoms with E-state index < -0.39 is 0 Å². The van der Waals surface area contributed by atoms with Gasteiger partial charge in [-0.1, -0.05) is 11.8 Å². The van der Waals surface area contributed by atoms with Gasteiger partial charge in [0.15, 0.2) is 0 Å². The molecule has 1 amide bonds. The molecule has 5 heteroatoms. The van der Waals surface area contributed by atoms with E-state index in [1.165, 1.54) is 4.88 Å². The quantitative estimate of drug-likeness (QED) is 0.819. The molecule has 2 N–H and O–H groups in total. The van der Waals surface area contributed by atoms with Gasteiger partial charge in [-0.2, -0.15) is 0 Å². The minimum absolute atomic E-state index is 0.104. The summed E-state index contributed by atoms with van der Waals surface area (Å²) in [7, 11) is 1.70. The first-order valence-electron chi connectivity index (χ1n) is 6.85. The number of likely N-dealkylation sites (tertiary alicyclic amines) is 1. The van der Waals surface area contributed by atoms with Crippen molar-refractivity contribution in [3.63, 3.8) is 0 Å². The normalized spacial score (nSPS) is 19.2. The van der Waals surface area contributed by atoms with Gasteiger partial charge in [-0.25, -0.2) is 0 Å². The summed E-state index contributed by atoms with van der Waals surface area (Å²) >= 11 is 1.65. The molecule has 0 bridgehead atoms. The molecule has 1 fully saturated rings. The van der Waals surface area contributed by atoms with Gasteiger partial charge in [0.1, 0.15) is 6.61 Å². The number of nitrogens with zero attached hydrogens (tertiary/aromatic N) is 1. The topological polar surface area (TPSA) is 52.6 Å². The van der Waals surface area contributed by atoms with Crippen molar-refractivity contribution in [2.24, 2.45) is 5.92 Å². The van der Waals surface area contributed by atoms with E-state index in [9.17, 15) is 4.79 Å². The molecule has 0 aromatic carbocycles. The minimum Gasteiger partial charge on any atom is -0.384 e. The van der Waals surface area contributed by atoms with E-state index in [-0.39, 0.29) is 18.4 Å². The summed E-state index contributed by atoms with van der Waals surface area (Å²) in [6, 6.07) is 4.07. The Bertz CT molecular complexity index is 515. The molecule has 0 radical (unpaired) electrons. The van der Waals surface area contributed by atoms with Crippen molar-refractivity contribution in [3.05, 3.63) is 21.9 Å². The standard InChI is InChI=1S/C15H20N2O2S/c1-16-15(19)12-4-2-8-17(10-12)11-14-7-6-13(20-14)5-3-9-18/h6-7,12,18H,2,4,8-11H2,1H3,(H,16,19). The molecule has 1 aromatic heterocycles. The van der Waals surface area contributed by atoms with Crippen molar-refractivity contribution in [3.8, 4) is 11.8 Å². The van der Waals surface area contributed by atoms with Crippen LogP contribution in [0.5, 0.6) is 0 Å². The van der Waals surface area contributed by atoms with E-state index in [0.717, 1.165) is 37.4 Å². The molecule has 1 aliphatic heterocycles. The zero-order valence-electron chi connectivity index (χ0n) is 11.7. The lowest BCUT2D eigenvalue weighted by Gasteiger charge is -2.31. The third-order valence-electron chi connectivity index (χ3n) is 3.45. The third kappa shape index (κ3) is 4.07. The maximum absolute atomic E-state index is 11.7. The zero-order chi connectivity index (χ0) is 14.4. The zero-order valence-corrected chi connectivity index (χ0v) is 12.5. The summed E-state index contributed by atoms with van der Waals surface area (Å²) in [5.74, 6) is 5.85. The number of amides is 1. The van der Waals surface area contributed by atoms with Crippen LogP contribution in [-0.4, -0.2) is 42.7 Å². The van der Waals surface area contributed by atoms with Gasteiger partial charge in [0.05, 0.1) is 10.8 Å². The molecule has 0 spiro atoms. The van der Waals surface area contributed by atoms with E-state index >= 15 is 0 Å². The number of thiophene rings is 1. The van der Waals surface area contributed by atoms with E-state index in [0.29, 0.717) is 0 Å². The van der Waals surface area contributed by atoms with E-state index in [1.807, 2.05) is 6.07 Å². The molecular formula is C15H20N2O2S. The maximum Gasteiger partial charge on any atom is 0.224 e. The van der Waals surface area contributed by atoms with Crippen LogP contribution in [0.25, 0.3) is 0 Å². The average molecular weight is 292 g/mol. The highest BCUT2D eigenvalue weighted by Crippen LogP contribution is 2.22. The SMILES string of the molecule is CNC(=O)C1CCCN(Cc2ccc(C#CCO)s2)C1. The second kappa shape index (κ2) is 7.44. The Hall–Kier alpha value is -1.35. The molecule has 1 atom stereocenters. The molecule has 20 heavy (non-hydrogen) atoms. The van der Waals surface area contributed by atoms with Crippen molar-refractivity contribution in [1.29, 1.82) is 0 Å². The largest absolute Gasteiger partial charge is 0.384 e. The minimum atomic E-state index is -0.104. The maximum atomic E-state index is 11.7. The molecule has 1 aromatic rings. The number of hydrogen-bond donors (Lipinski definition) is 2. The van der Waals surface area contributed by atoms with Crippen LogP contribution in [0.2, 0.25) is 0 Å². The molecule has 108 valence electrons. The summed E-state index contributed by atoms with van der Waals surface area (Å²) in [4.78, 5) is 16.3. The van der Waals surface area contributed by atoms with Crippen LogP contribution < -0.4 is 5.32 Å². The van der Waals surface area contributed by atoms with Crippen molar-refractivity contribution in [2.75, 3.05) is 26.7 Å². The Labute approximate surface area is 123 Å². The first-order chi connectivity index (χ1) is 9.72. The third-order valence-corrected chi connectivity index (χ3v) is 4.44. The van der Waals surface area contributed by atoms with Crippen molar-refractivity contribution in [2.45, 2.75) is 19.4 Å². The molecule has 2 rings (SSSR count). The van der Waals surface area contributed by atoms with Crippen LogP contribution in [0.1, 0.15) is 22.6 Å². The molecular weight excluding hydrogens is 272 g/mol. The fraction of sp³-hybridized carbons (Fsp3) is 0.533. The van der Waals surface area contributed by atoms with Crippen molar-refractivity contribution in [1.82, 2.24) is 10.2 Å². The highest BCUT2D eigenvalue weighted by molar-refractivity contribution is 7.12. The average Bonchev–Trinajstić information content (AvgIpc) is 2.92. The second-order valence-electron chi connectivity index (χ2n) is 4.91. The summed E-state index contributed by atoms with van der Waals surface area (Å²) in [6.45, 7) is 2.64. The van der Waals surface area contributed by atoms with Gasteiger partial charge in [-0.15, -0.1) is 11.3 Å². The number of hydrogen-bond acceptors (Lipinski definition) is 4. The van der Waals surface area contributed by atoms with Gasteiger partial charge in [-0.05, 0) is 31.5 Å². The van der Waals surface area contributed by atoms with Crippen LogP contribution >= 0.6 is 11.3 Å². The van der Waals surface area contributed by atoms with Crippen LogP contribution in [0.15, 0.2) is 12.1 Å². The summed E-state index contributed by atoms with van der Waals surface area (Å²) in [6.07, 6.45) is 2.05. The van der Waals surface area contributed by atoms with E-state index in [2.05, 4.69) is 28.1 Å². The number of nitrogens with one attached hydrogen (secondary N) is 1. The highest BCUT2D eigenvalue weighted by Gasteiger charge is 2.25. The predicted octanol–water partition coefficient (Wildman–Crippen LogP) is 1.05. The predicted molar refractivity (Wildman–Crippen MR) is 80.4 cm³/mol. The van der Waals surface area contributed by atoms with Crippen LogP contribution in [-0.2, 0) is 11.3 Å². The number of aliphatic hydroxyl groups is 1. The molecule has 4 nitrogen and oxygen atoms in total. The molecule has 1 saturated heterocycles. The monoisotopic (exact) mass is 292 g/mol. The van der Waals surface area contributed by atoms with E-state index in [4.69, 9.17) is 5.11 Å². The Morgan fingerprint density at radius 2 is 2.45 bits per heavy atom. The number of aliphatic hydroxyl groups excluding tert-OH is 1. The lowest BCUT2D eigenvalue weighted by Crippen LogP contribution is -2.41. The Kier molecular flexibility index (Phi) is 5.60. The fourth-order valence-corrected chi connectivity index (χ4v) is 3.42. The first kappa shape index (κ1) is 15.0. The van der Waals surface area contributed by atoms with E-state index in [1.54, 1.807) is 18.4 Å². The Morgan fingerprint density at radius 3 is 3.20 bits per heavy atom. The molecule has 2 heterocycles. The Morgan fingerprint density at radius 1 is 1.60 bits per heavy atom. The number of piperidine rings is 1. The van der Waals surface area contributed by atoms with Gasteiger partial charge in [0, 0.05) is 25.0 Å². The van der Waals surface area contributed by atoms with Crippen LogP contribution in [0.4, 0.5) is 0 Å². The Balaban J connectivity index is 1.92. The lowest BCUT2D eigenvalue weighted by atomic mass is 9.97. The number of rotatable bonds is 3. The summed E-state index contributed by atoms with van der Waals surface area (Å²) in [5.41, 5.74) is 0. The number of carbonyl (C=O) groups is 1. The second-order valence-corrected chi connectivity index (χ2v) is 6.08. The van der Waals surface area contributed by atoms with Crippen molar-refractivity contribution >= 4 is 17.2 Å². The molecule has 1 aliphatic rings. The molecule has 0 saturated carbocycles. The lowest BCUT2D eigenvalue weighted by molar-refractivity contribution is -0.126.